The van der Waals surface area contributed by atoms with Crippen molar-refractivity contribution in [2.24, 2.45) is 5.92 Å². The Labute approximate surface area is 83.9 Å². The third-order valence-electron chi connectivity index (χ3n) is 1.78. The zero-order valence-electron chi connectivity index (χ0n) is 8.67. The Hall–Kier alpha value is -1.10. The molecule has 0 aliphatic heterocycles. The highest BCUT2D eigenvalue weighted by molar-refractivity contribution is 5.82. The zero-order valence-corrected chi connectivity index (χ0v) is 8.67. The van der Waals surface area contributed by atoms with Gasteiger partial charge in [0, 0.05) is 19.0 Å². The molecule has 0 rings (SSSR count). The molecule has 0 aromatic rings. The van der Waals surface area contributed by atoms with Crippen molar-refractivity contribution < 1.29 is 14.7 Å². The molecule has 0 aliphatic rings. The smallest absolute Gasteiger partial charge is 0.304 e. The maximum absolute atomic E-state index is 11.2. The number of amides is 1. The van der Waals surface area contributed by atoms with Gasteiger partial charge in [-0.05, 0) is 6.54 Å². The van der Waals surface area contributed by atoms with Gasteiger partial charge in [-0.1, -0.05) is 13.8 Å². The molecule has 1 amide bonds. The first kappa shape index (κ1) is 12.9. The van der Waals surface area contributed by atoms with Crippen LogP contribution in [0.3, 0.4) is 0 Å². The van der Waals surface area contributed by atoms with E-state index < -0.39 is 11.9 Å². The highest BCUT2D eigenvalue weighted by atomic mass is 16.4. The monoisotopic (exact) mass is 202 g/mol. The van der Waals surface area contributed by atoms with Crippen LogP contribution in [0.1, 0.15) is 20.3 Å². The minimum atomic E-state index is -0.945. The summed E-state index contributed by atoms with van der Waals surface area (Å²) in [6.07, 6.45) is -0.118. The lowest BCUT2D eigenvalue weighted by atomic mass is 10.1. The van der Waals surface area contributed by atoms with Crippen molar-refractivity contribution in [1.29, 1.82) is 0 Å². The third kappa shape index (κ3) is 6.42. The van der Waals surface area contributed by atoms with Gasteiger partial charge >= 0.3 is 5.97 Å². The summed E-state index contributed by atoms with van der Waals surface area (Å²) in [6, 6.07) is 0. The number of rotatable bonds is 7. The summed E-state index contributed by atoms with van der Waals surface area (Å²) in [5.74, 6) is -1.61. The Morgan fingerprint density at radius 3 is 2.50 bits per heavy atom. The average Bonchev–Trinajstić information content (AvgIpc) is 2.11. The molecule has 5 heteroatoms. The predicted molar refractivity (Wildman–Crippen MR) is 53.0 cm³/mol. The molecule has 14 heavy (non-hydrogen) atoms. The molecule has 0 aliphatic carbocycles. The molecular formula is C9H18N2O3. The molecule has 0 saturated heterocycles. The molecule has 3 N–H and O–H groups in total. The van der Waals surface area contributed by atoms with E-state index in [-0.39, 0.29) is 12.3 Å². The molecule has 0 spiro atoms. The van der Waals surface area contributed by atoms with Crippen molar-refractivity contribution in [2.75, 3.05) is 19.6 Å². The number of likely N-dealkylation sites (N-methyl/N-ethyl adjacent to an activating group) is 1. The van der Waals surface area contributed by atoms with Crippen LogP contribution in [0.5, 0.6) is 0 Å². The third-order valence-corrected chi connectivity index (χ3v) is 1.78. The summed E-state index contributed by atoms with van der Waals surface area (Å²) >= 11 is 0. The molecule has 1 atom stereocenters. The van der Waals surface area contributed by atoms with Crippen LogP contribution < -0.4 is 10.6 Å². The number of carbonyl (C=O) groups excluding carboxylic acids is 1. The molecule has 5 nitrogen and oxygen atoms in total. The second kappa shape index (κ2) is 7.32. The first-order valence-electron chi connectivity index (χ1n) is 4.78. The summed E-state index contributed by atoms with van der Waals surface area (Å²) in [5.41, 5.74) is 0. The maximum atomic E-state index is 11.2. The summed E-state index contributed by atoms with van der Waals surface area (Å²) in [5, 5.41) is 14.2. The van der Waals surface area contributed by atoms with Gasteiger partial charge in [-0.25, -0.2) is 0 Å². The van der Waals surface area contributed by atoms with Crippen LogP contribution in [0.2, 0.25) is 0 Å². The lowest BCUT2D eigenvalue weighted by molar-refractivity contribution is -0.140. The highest BCUT2D eigenvalue weighted by Gasteiger charge is 2.15. The summed E-state index contributed by atoms with van der Waals surface area (Å²) in [7, 11) is 0. The molecule has 0 radical (unpaired) electrons. The van der Waals surface area contributed by atoms with Gasteiger partial charge in [0.15, 0.2) is 0 Å². The van der Waals surface area contributed by atoms with Crippen LogP contribution in [0.15, 0.2) is 0 Å². The topological polar surface area (TPSA) is 78.4 Å². The average molecular weight is 202 g/mol. The Kier molecular flexibility index (Phi) is 6.74. The molecule has 82 valence electrons. The SMILES string of the molecule is CCNCCNC(=O)C(C)CC(=O)O. The highest BCUT2D eigenvalue weighted by Crippen LogP contribution is 2.00. The first-order valence-corrected chi connectivity index (χ1v) is 4.78. The minimum Gasteiger partial charge on any atom is -0.481 e. The van der Waals surface area contributed by atoms with Crippen LogP contribution >= 0.6 is 0 Å². The standard InChI is InChI=1S/C9H18N2O3/c1-3-10-4-5-11-9(14)7(2)6-8(12)13/h7,10H,3-6H2,1-2H3,(H,11,14)(H,12,13). The number of carboxylic acids is 1. The Morgan fingerprint density at radius 2 is 2.00 bits per heavy atom. The summed E-state index contributed by atoms with van der Waals surface area (Å²) in [6.45, 7) is 5.70. The van der Waals surface area contributed by atoms with Crippen LogP contribution in [-0.2, 0) is 9.59 Å². The van der Waals surface area contributed by atoms with Crippen molar-refractivity contribution in [3.05, 3.63) is 0 Å². The van der Waals surface area contributed by atoms with Gasteiger partial charge in [0.2, 0.25) is 5.91 Å². The Bertz CT molecular complexity index is 194. The molecule has 0 aromatic carbocycles. The van der Waals surface area contributed by atoms with E-state index in [2.05, 4.69) is 10.6 Å². The van der Waals surface area contributed by atoms with Gasteiger partial charge in [-0.3, -0.25) is 9.59 Å². The molecule has 0 saturated carbocycles. The van der Waals surface area contributed by atoms with Gasteiger partial charge < -0.3 is 15.7 Å². The van der Waals surface area contributed by atoms with E-state index in [9.17, 15) is 9.59 Å². The summed E-state index contributed by atoms with van der Waals surface area (Å²) < 4.78 is 0. The number of carbonyl (C=O) groups is 2. The quantitative estimate of drug-likeness (QED) is 0.500. The van der Waals surface area contributed by atoms with Gasteiger partial charge in [0.1, 0.15) is 0 Å². The van der Waals surface area contributed by atoms with Crippen molar-refractivity contribution in [2.45, 2.75) is 20.3 Å². The number of nitrogens with one attached hydrogen (secondary N) is 2. The lowest BCUT2D eigenvalue weighted by Crippen LogP contribution is -2.35. The van der Waals surface area contributed by atoms with E-state index in [4.69, 9.17) is 5.11 Å². The van der Waals surface area contributed by atoms with Crippen LogP contribution in [-0.4, -0.2) is 36.6 Å². The molecule has 0 aromatic heterocycles. The van der Waals surface area contributed by atoms with Crippen LogP contribution in [0, 0.1) is 5.92 Å². The molecule has 0 heterocycles. The fraction of sp³-hybridized carbons (Fsp3) is 0.778. The van der Waals surface area contributed by atoms with Crippen LogP contribution in [0.4, 0.5) is 0 Å². The van der Waals surface area contributed by atoms with E-state index in [1.807, 2.05) is 6.92 Å². The molecular weight excluding hydrogens is 184 g/mol. The fourth-order valence-corrected chi connectivity index (χ4v) is 0.980. The summed E-state index contributed by atoms with van der Waals surface area (Å²) in [4.78, 5) is 21.5. The molecule has 0 bridgehead atoms. The van der Waals surface area contributed by atoms with Crippen molar-refractivity contribution in [3.63, 3.8) is 0 Å². The second-order valence-corrected chi connectivity index (χ2v) is 3.14. The molecule has 0 fully saturated rings. The van der Waals surface area contributed by atoms with Crippen molar-refractivity contribution in [1.82, 2.24) is 10.6 Å². The van der Waals surface area contributed by atoms with Crippen LogP contribution in [0.25, 0.3) is 0 Å². The zero-order chi connectivity index (χ0) is 11.0. The maximum Gasteiger partial charge on any atom is 0.304 e. The Morgan fingerprint density at radius 1 is 1.36 bits per heavy atom. The van der Waals surface area contributed by atoms with E-state index in [1.54, 1.807) is 6.92 Å². The fourth-order valence-electron chi connectivity index (χ4n) is 0.980. The minimum absolute atomic E-state index is 0.118. The van der Waals surface area contributed by atoms with Crippen molar-refractivity contribution >= 4 is 11.9 Å². The number of hydrogen-bond donors (Lipinski definition) is 3. The predicted octanol–water partition coefficient (Wildman–Crippen LogP) is -0.177. The van der Waals surface area contributed by atoms with E-state index in [1.165, 1.54) is 0 Å². The van der Waals surface area contributed by atoms with Crippen molar-refractivity contribution in [3.8, 4) is 0 Å². The second-order valence-electron chi connectivity index (χ2n) is 3.14. The van der Waals surface area contributed by atoms with E-state index >= 15 is 0 Å². The van der Waals surface area contributed by atoms with E-state index in [0.717, 1.165) is 6.54 Å². The normalized spacial score (nSPS) is 12.1. The van der Waals surface area contributed by atoms with Gasteiger partial charge in [0.05, 0.1) is 6.42 Å². The number of carboxylic acid groups (broad SMARTS) is 1. The van der Waals surface area contributed by atoms with E-state index in [0.29, 0.717) is 13.1 Å². The van der Waals surface area contributed by atoms with Gasteiger partial charge in [-0.2, -0.15) is 0 Å². The number of hydrogen-bond acceptors (Lipinski definition) is 3. The first-order chi connectivity index (χ1) is 6.57. The van der Waals surface area contributed by atoms with Gasteiger partial charge in [0.25, 0.3) is 0 Å². The Balaban J connectivity index is 3.57. The number of aliphatic carboxylic acids is 1. The lowest BCUT2D eigenvalue weighted by Gasteiger charge is -2.09. The molecule has 1 unspecified atom stereocenters. The van der Waals surface area contributed by atoms with Gasteiger partial charge in [-0.15, -0.1) is 0 Å². The largest absolute Gasteiger partial charge is 0.481 e.